The number of hydrogen-bond donors (Lipinski definition) is 1. The van der Waals surface area contributed by atoms with Crippen molar-refractivity contribution in [2.75, 3.05) is 27.2 Å². The van der Waals surface area contributed by atoms with Gasteiger partial charge in [-0.3, -0.25) is 10.3 Å². The van der Waals surface area contributed by atoms with Crippen molar-refractivity contribution < 1.29 is 9.47 Å². The van der Waals surface area contributed by atoms with E-state index in [1.165, 1.54) is 0 Å². The number of likely N-dealkylation sites (tertiary alicyclic amines) is 2. The van der Waals surface area contributed by atoms with Crippen molar-refractivity contribution in [2.24, 2.45) is 4.99 Å². The van der Waals surface area contributed by atoms with E-state index in [1.807, 2.05) is 31.2 Å². The van der Waals surface area contributed by atoms with Crippen LogP contribution in [0.25, 0.3) is 0 Å². The number of nitrogens with one attached hydrogen (secondary N) is 1. The van der Waals surface area contributed by atoms with Crippen molar-refractivity contribution in [2.45, 2.75) is 32.0 Å². The SMILES string of the molecule is C=C(C)C(=NC(=N)N1CC2CC1CN2C)OCc1cccc(OC)c1. The molecule has 0 aliphatic carbocycles. The second kappa shape index (κ2) is 7.27. The van der Waals surface area contributed by atoms with Crippen molar-refractivity contribution in [1.82, 2.24) is 9.80 Å². The zero-order valence-corrected chi connectivity index (χ0v) is 15.2. The van der Waals surface area contributed by atoms with Gasteiger partial charge in [0.25, 0.3) is 0 Å². The van der Waals surface area contributed by atoms with Gasteiger partial charge in [0.1, 0.15) is 12.4 Å². The number of likely N-dealkylation sites (N-methyl/N-ethyl adjacent to an activating group) is 1. The lowest BCUT2D eigenvalue weighted by Crippen LogP contribution is -2.46. The summed E-state index contributed by atoms with van der Waals surface area (Å²) >= 11 is 0. The van der Waals surface area contributed by atoms with Crippen LogP contribution in [0.5, 0.6) is 5.75 Å². The van der Waals surface area contributed by atoms with Crippen LogP contribution < -0.4 is 4.74 Å². The van der Waals surface area contributed by atoms with Gasteiger partial charge >= 0.3 is 0 Å². The number of fused-ring (bicyclic) bond motifs is 2. The Morgan fingerprint density at radius 3 is 2.76 bits per heavy atom. The summed E-state index contributed by atoms with van der Waals surface area (Å²) in [5, 5.41) is 8.36. The highest BCUT2D eigenvalue weighted by Crippen LogP contribution is 2.29. The normalized spacial score (nSPS) is 23.0. The number of nitrogens with zero attached hydrogens (tertiary/aromatic N) is 3. The Bertz CT molecular complexity index is 698. The highest BCUT2D eigenvalue weighted by Gasteiger charge is 2.42. The average molecular weight is 342 g/mol. The molecule has 1 aromatic carbocycles. The van der Waals surface area contributed by atoms with E-state index in [0.29, 0.717) is 30.2 Å². The molecule has 3 rings (SSSR count). The van der Waals surface area contributed by atoms with Crippen LogP contribution in [0.1, 0.15) is 18.9 Å². The lowest BCUT2D eigenvalue weighted by molar-refractivity contribution is 0.207. The van der Waals surface area contributed by atoms with Crippen LogP contribution >= 0.6 is 0 Å². The van der Waals surface area contributed by atoms with E-state index in [-0.39, 0.29) is 5.96 Å². The van der Waals surface area contributed by atoms with Gasteiger partial charge in [0.05, 0.1) is 7.11 Å². The molecule has 2 heterocycles. The fraction of sp³-hybridized carbons (Fsp3) is 0.474. The molecule has 0 spiro atoms. The van der Waals surface area contributed by atoms with E-state index < -0.39 is 0 Å². The zero-order valence-electron chi connectivity index (χ0n) is 15.2. The number of ether oxygens (including phenoxy) is 2. The monoisotopic (exact) mass is 342 g/mol. The maximum absolute atomic E-state index is 8.36. The topological polar surface area (TPSA) is 61.2 Å². The summed E-state index contributed by atoms with van der Waals surface area (Å²) in [5.41, 5.74) is 1.70. The summed E-state index contributed by atoms with van der Waals surface area (Å²) in [6.45, 7) is 8.01. The number of methoxy groups -OCH3 is 1. The predicted octanol–water partition coefficient (Wildman–Crippen LogP) is 2.51. The van der Waals surface area contributed by atoms with Gasteiger partial charge in [-0.05, 0) is 38.1 Å². The molecule has 0 aromatic heterocycles. The van der Waals surface area contributed by atoms with Crippen molar-refractivity contribution >= 4 is 11.9 Å². The van der Waals surface area contributed by atoms with Crippen LogP contribution in [-0.2, 0) is 11.3 Å². The number of guanidine groups is 1. The Kier molecular flexibility index (Phi) is 5.08. The van der Waals surface area contributed by atoms with Gasteiger partial charge in [-0.15, -0.1) is 0 Å². The zero-order chi connectivity index (χ0) is 18.0. The molecule has 1 aromatic rings. The first kappa shape index (κ1) is 17.5. The first-order chi connectivity index (χ1) is 12.0. The molecule has 6 nitrogen and oxygen atoms in total. The Morgan fingerprint density at radius 1 is 1.36 bits per heavy atom. The minimum Gasteiger partial charge on any atom is -0.497 e. The first-order valence-corrected chi connectivity index (χ1v) is 8.53. The second-order valence-corrected chi connectivity index (χ2v) is 6.80. The molecule has 2 saturated heterocycles. The lowest BCUT2D eigenvalue weighted by atomic mass is 10.2. The standard InChI is InChI=1S/C19H26N4O2/c1-13(2)18(25-12-14-6-5-7-17(8-14)24-4)21-19(20)23-11-15-9-16(23)10-22(15)3/h5-8,15-16,20H,1,9-12H2,2-4H3. The van der Waals surface area contributed by atoms with Crippen LogP contribution in [0.2, 0.25) is 0 Å². The summed E-state index contributed by atoms with van der Waals surface area (Å²) in [4.78, 5) is 8.84. The highest BCUT2D eigenvalue weighted by atomic mass is 16.5. The van der Waals surface area contributed by atoms with Crippen LogP contribution in [0, 0.1) is 5.41 Å². The summed E-state index contributed by atoms with van der Waals surface area (Å²) in [5.74, 6) is 1.48. The lowest BCUT2D eigenvalue weighted by Gasteiger charge is -2.32. The third-order valence-electron chi connectivity index (χ3n) is 4.87. The molecule has 2 fully saturated rings. The number of aliphatic imine (C=N–C) groups is 1. The Balaban J connectivity index is 1.65. The van der Waals surface area contributed by atoms with Crippen molar-refractivity contribution in [3.05, 3.63) is 42.0 Å². The molecular weight excluding hydrogens is 316 g/mol. The maximum Gasteiger partial charge on any atom is 0.221 e. The highest BCUT2D eigenvalue weighted by molar-refractivity contribution is 6.00. The Labute approximate surface area is 149 Å². The molecule has 1 N–H and O–H groups in total. The van der Waals surface area contributed by atoms with Crippen molar-refractivity contribution in [1.29, 1.82) is 5.41 Å². The molecule has 2 atom stereocenters. The van der Waals surface area contributed by atoms with E-state index >= 15 is 0 Å². The van der Waals surface area contributed by atoms with E-state index in [2.05, 4.69) is 28.4 Å². The summed E-state index contributed by atoms with van der Waals surface area (Å²) in [6, 6.07) is 8.64. The van der Waals surface area contributed by atoms with E-state index in [9.17, 15) is 0 Å². The average Bonchev–Trinajstić information content (AvgIpc) is 3.17. The van der Waals surface area contributed by atoms with E-state index in [4.69, 9.17) is 14.9 Å². The Morgan fingerprint density at radius 2 is 2.16 bits per heavy atom. The second-order valence-electron chi connectivity index (χ2n) is 6.80. The molecule has 2 aliphatic heterocycles. The minimum absolute atomic E-state index is 0.268. The molecule has 2 aliphatic rings. The largest absolute Gasteiger partial charge is 0.497 e. The van der Waals surface area contributed by atoms with E-state index in [1.54, 1.807) is 7.11 Å². The molecular formula is C19H26N4O2. The number of rotatable bonds is 4. The van der Waals surface area contributed by atoms with Gasteiger partial charge in [0, 0.05) is 30.7 Å². The molecule has 0 amide bonds. The van der Waals surface area contributed by atoms with Crippen molar-refractivity contribution in [3.8, 4) is 5.75 Å². The molecule has 2 unspecified atom stereocenters. The summed E-state index contributed by atoms with van der Waals surface area (Å²) in [6.07, 6.45) is 1.11. The van der Waals surface area contributed by atoms with Crippen LogP contribution in [-0.4, -0.2) is 61.0 Å². The van der Waals surface area contributed by atoms with Gasteiger partial charge in [-0.25, -0.2) is 0 Å². The minimum atomic E-state index is 0.268. The van der Waals surface area contributed by atoms with Crippen LogP contribution in [0.3, 0.4) is 0 Å². The third-order valence-corrected chi connectivity index (χ3v) is 4.87. The Hall–Kier alpha value is -2.34. The molecule has 0 radical (unpaired) electrons. The molecule has 6 heteroatoms. The van der Waals surface area contributed by atoms with E-state index in [0.717, 1.165) is 30.8 Å². The molecule has 134 valence electrons. The smallest absolute Gasteiger partial charge is 0.221 e. The van der Waals surface area contributed by atoms with Gasteiger partial charge in [-0.2, -0.15) is 4.99 Å². The van der Waals surface area contributed by atoms with Crippen LogP contribution in [0.15, 0.2) is 41.4 Å². The summed E-state index contributed by atoms with van der Waals surface area (Å²) in [7, 11) is 3.79. The fourth-order valence-electron chi connectivity index (χ4n) is 3.45. The summed E-state index contributed by atoms with van der Waals surface area (Å²) < 4.78 is 11.1. The molecule has 0 saturated carbocycles. The number of hydrogen-bond acceptors (Lipinski definition) is 4. The molecule has 25 heavy (non-hydrogen) atoms. The maximum atomic E-state index is 8.36. The number of piperazine rings is 1. The first-order valence-electron chi connectivity index (χ1n) is 8.53. The van der Waals surface area contributed by atoms with Gasteiger partial charge in [-0.1, -0.05) is 18.7 Å². The fourth-order valence-corrected chi connectivity index (χ4v) is 3.45. The number of benzene rings is 1. The van der Waals surface area contributed by atoms with Gasteiger partial charge < -0.3 is 14.4 Å². The van der Waals surface area contributed by atoms with Crippen molar-refractivity contribution in [3.63, 3.8) is 0 Å². The van der Waals surface area contributed by atoms with Gasteiger partial charge in [0.2, 0.25) is 11.9 Å². The predicted molar refractivity (Wildman–Crippen MR) is 99.3 cm³/mol. The molecule has 2 bridgehead atoms. The quantitative estimate of drug-likeness (QED) is 0.675. The van der Waals surface area contributed by atoms with Crippen LogP contribution in [0.4, 0.5) is 0 Å². The van der Waals surface area contributed by atoms with Gasteiger partial charge in [0.15, 0.2) is 0 Å². The third kappa shape index (κ3) is 3.85.